The molecule has 7 nitrogen and oxygen atoms in total. The van der Waals surface area contributed by atoms with Crippen molar-refractivity contribution in [1.82, 2.24) is 14.9 Å². The molecule has 1 N–H and O–H groups in total. The second-order valence-electron chi connectivity index (χ2n) is 10.0. The number of carbonyl (C=O) groups is 1. The average molecular weight is 464 g/mol. The van der Waals surface area contributed by atoms with Crippen LogP contribution < -0.4 is 10.2 Å². The van der Waals surface area contributed by atoms with E-state index in [-0.39, 0.29) is 5.91 Å². The van der Waals surface area contributed by atoms with Crippen molar-refractivity contribution < 1.29 is 9.53 Å². The third-order valence-electron chi connectivity index (χ3n) is 7.75. The molecule has 3 heterocycles. The van der Waals surface area contributed by atoms with Gasteiger partial charge in [0.25, 0.3) is 0 Å². The molecular weight excluding hydrogens is 426 g/mol. The largest absolute Gasteiger partial charge is 0.381 e. The third kappa shape index (κ3) is 4.90. The number of aryl methyl sites for hydroxylation is 1. The minimum absolute atomic E-state index is 0.250. The lowest BCUT2D eigenvalue weighted by Gasteiger charge is -2.43. The summed E-state index contributed by atoms with van der Waals surface area (Å²) in [6.07, 6.45) is 7.78. The number of piperazine rings is 1. The van der Waals surface area contributed by atoms with Crippen molar-refractivity contribution in [1.29, 1.82) is 0 Å². The Kier molecular flexibility index (Phi) is 6.99. The van der Waals surface area contributed by atoms with Gasteiger partial charge in [0, 0.05) is 57.2 Å². The van der Waals surface area contributed by atoms with Crippen LogP contribution in [0.25, 0.3) is 0 Å². The maximum absolute atomic E-state index is 13.9. The van der Waals surface area contributed by atoms with Crippen LogP contribution >= 0.6 is 0 Å². The molecule has 1 aromatic heterocycles. The number of benzene rings is 1. The van der Waals surface area contributed by atoms with Gasteiger partial charge < -0.3 is 19.9 Å². The Labute approximate surface area is 202 Å². The van der Waals surface area contributed by atoms with Gasteiger partial charge >= 0.3 is 0 Å². The van der Waals surface area contributed by atoms with Crippen LogP contribution in [-0.4, -0.2) is 66.2 Å². The van der Waals surface area contributed by atoms with Crippen molar-refractivity contribution in [2.45, 2.75) is 63.3 Å². The normalized spacial score (nSPS) is 21.3. The molecule has 1 amide bonds. The molecule has 2 saturated heterocycles. The van der Waals surface area contributed by atoms with E-state index in [9.17, 15) is 4.79 Å². The first-order chi connectivity index (χ1) is 16.6. The number of rotatable bonds is 5. The Bertz CT molecular complexity index is 962. The van der Waals surface area contributed by atoms with Gasteiger partial charge in [-0.15, -0.1) is 0 Å². The maximum Gasteiger partial charge on any atom is 0.233 e. The molecule has 0 bridgehead atoms. The molecular formula is C27H37N5O2. The molecule has 0 spiro atoms. The summed E-state index contributed by atoms with van der Waals surface area (Å²) in [6.45, 7) is 6.30. The topological polar surface area (TPSA) is 70.6 Å². The molecule has 0 unspecified atom stereocenters. The first kappa shape index (κ1) is 23.1. The average Bonchev–Trinajstić information content (AvgIpc) is 2.89. The van der Waals surface area contributed by atoms with E-state index in [0.29, 0.717) is 32.3 Å². The zero-order valence-corrected chi connectivity index (χ0v) is 20.3. The van der Waals surface area contributed by atoms with Crippen LogP contribution in [0.3, 0.4) is 0 Å². The summed E-state index contributed by atoms with van der Waals surface area (Å²) in [5.74, 6) is 1.95. The molecule has 7 heteroatoms. The molecule has 3 aliphatic rings. The Morgan fingerprint density at radius 2 is 1.71 bits per heavy atom. The lowest BCUT2D eigenvalue weighted by Crippen LogP contribution is -2.56. The fraction of sp³-hybridized carbons (Fsp3) is 0.593. The van der Waals surface area contributed by atoms with E-state index in [2.05, 4.69) is 38.3 Å². The highest BCUT2D eigenvalue weighted by molar-refractivity contribution is 5.88. The molecule has 182 valence electrons. The quantitative estimate of drug-likeness (QED) is 0.725. The minimum atomic E-state index is -0.468. The summed E-state index contributed by atoms with van der Waals surface area (Å²) in [7, 11) is 0. The van der Waals surface area contributed by atoms with E-state index in [0.717, 1.165) is 49.0 Å². The standard InChI is InChI=1S/C27H37N5O2/c1-21-20-24(30-26(28-21)29-23-10-6-3-7-11-23)31-14-16-32(17-15-31)25(33)27(12-18-34-19-13-27)22-8-4-2-5-9-22/h2,4-5,8-9,20,23H,3,6-7,10-19H2,1H3,(H,28,29,30). The number of ether oxygens (including phenoxy) is 1. The zero-order chi connectivity index (χ0) is 23.4. The SMILES string of the molecule is Cc1cc(N2CCN(C(=O)C3(c4ccccc4)CCOCC3)CC2)nc(NC2CCCCC2)n1. The number of anilines is 2. The fourth-order valence-electron chi connectivity index (χ4n) is 5.75. The summed E-state index contributed by atoms with van der Waals surface area (Å²) < 4.78 is 5.64. The number of nitrogens with zero attached hydrogens (tertiary/aromatic N) is 4. The van der Waals surface area contributed by atoms with Gasteiger partial charge in [0.1, 0.15) is 5.82 Å². The van der Waals surface area contributed by atoms with Crippen LogP contribution in [0.2, 0.25) is 0 Å². The van der Waals surface area contributed by atoms with Crippen LogP contribution in [0.1, 0.15) is 56.2 Å². The van der Waals surface area contributed by atoms with E-state index in [1.165, 1.54) is 32.1 Å². The van der Waals surface area contributed by atoms with Crippen molar-refractivity contribution in [3.05, 3.63) is 47.7 Å². The van der Waals surface area contributed by atoms with Crippen molar-refractivity contribution >= 4 is 17.7 Å². The monoisotopic (exact) mass is 463 g/mol. The Hall–Kier alpha value is -2.67. The highest BCUT2D eigenvalue weighted by atomic mass is 16.5. The second-order valence-corrected chi connectivity index (χ2v) is 10.0. The van der Waals surface area contributed by atoms with Crippen molar-refractivity contribution in [2.75, 3.05) is 49.6 Å². The van der Waals surface area contributed by atoms with Gasteiger partial charge in [-0.2, -0.15) is 4.98 Å². The Morgan fingerprint density at radius 3 is 2.41 bits per heavy atom. The maximum atomic E-state index is 13.9. The molecule has 1 aliphatic carbocycles. The number of aromatic nitrogens is 2. The molecule has 2 aliphatic heterocycles. The van der Waals surface area contributed by atoms with Crippen LogP contribution in [0.4, 0.5) is 11.8 Å². The van der Waals surface area contributed by atoms with E-state index < -0.39 is 5.41 Å². The Morgan fingerprint density at radius 1 is 1.00 bits per heavy atom. The first-order valence-corrected chi connectivity index (χ1v) is 12.9. The van der Waals surface area contributed by atoms with Crippen LogP contribution in [0.15, 0.2) is 36.4 Å². The van der Waals surface area contributed by atoms with Crippen molar-refractivity contribution in [3.8, 4) is 0 Å². The van der Waals surface area contributed by atoms with Gasteiger partial charge in [-0.25, -0.2) is 4.98 Å². The highest BCUT2D eigenvalue weighted by Crippen LogP contribution is 2.37. The third-order valence-corrected chi connectivity index (χ3v) is 7.75. The van der Waals surface area contributed by atoms with Crippen LogP contribution in [0.5, 0.6) is 0 Å². The fourth-order valence-corrected chi connectivity index (χ4v) is 5.75. The molecule has 1 saturated carbocycles. The van der Waals surface area contributed by atoms with E-state index >= 15 is 0 Å². The molecule has 3 fully saturated rings. The lowest BCUT2D eigenvalue weighted by atomic mass is 9.73. The van der Waals surface area contributed by atoms with E-state index in [4.69, 9.17) is 9.72 Å². The van der Waals surface area contributed by atoms with Crippen molar-refractivity contribution in [3.63, 3.8) is 0 Å². The number of hydrogen-bond donors (Lipinski definition) is 1. The minimum Gasteiger partial charge on any atom is -0.381 e. The van der Waals surface area contributed by atoms with Gasteiger partial charge in [0.2, 0.25) is 11.9 Å². The smallest absolute Gasteiger partial charge is 0.233 e. The molecule has 0 radical (unpaired) electrons. The zero-order valence-electron chi connectivity index (χ0n) is 20.3. The number of nitrogens with one attached hydrogen (secondary N) is 1. The van der Waals surface area contributed by atoms with Gasteiger partial charge in [-0.1, -0.05) is 49.6 Å². The van der Waals surface area contributed by atoms with Crippen LogP contribution in [-0.2, 0) is 14.9 Å². The molecule has 2 aromatic rings. The lowest BCUT2D eigenvalue weighted by molar-refractivity contribution is -0.141. The predicted octanol–water partition coefficient (Wildman–Crippen LogP) is 3.93. The second kappa shape index (κ2) is 10.3. The predicted molar refractivity (Wildman–Crippen MR) is 134 cm³/mol. The molecule has 0 atom stereocenters. The van der Waals surface area contributed by atoms with Gasteiger partial charge in [-0.05, 0) is 38.2 Å². The summed E-state index contributed by atoms with van der Waals surface area (Å²) in [5.41, 5.74) is 1.63. The van der Waals surface area contributed by atoms with Gasteiger partial charge in [-0.3, -0.25) is 4.79 Å². The first-order valence-electron chi connectivity index (χ1n) is 12.9. The molecule has 5 rings (SSSR count). The van der Waals surface area contributed by atoms with E-state index in [1.54, 1.807) is 0 Å². The van der Waals surface area contributed by atoms with E-state index in [1.807, 2.05) is 25.1 Å². The summed E-state index contributed by atoms with van der Waals surface area (Å²) in [4.78, 5) is 27.7. The summed E-state index contributed by atoms with van der Waals surface area (Å²) in [5, 5.41) is 3.57. The Balaban J connectivity index is 1.26. The van der Waals surface area contributed by atoms with Gasteiger partial charge in [0.15, 0.2) is 0 Å². The number of amides is 1. The summed E-state index contributed by atoms with van der Waals surface area (Å²) >= 11 is 0. The molecule has 1 aromatic carbocycles. The highest BCUT2D eigenvalue weighted by Gasteiger charge is 2.44. The number of hydrogen-bond acceptors (Lipinski definition) is 6. The van der Waals surface area contributed by atoms with Crippen LogP contribution in [0, 0.1) is 6.92 Å². The van der Waals surface area contributed by atoms with Crippen molar-refractivity contribution in [2.24, 2.45) is 0 Å². The summed E-state index contributed by atoms with van der Waals surface area (Å²) in [6, 6.07) is 12.8. The van der Waals surface area contributed by atoms with Gasteiger partial charge in [0.05, 0.1) is 5.41 Å². The molecule has 34 heavy (non-hydrogen) atoms. The number of carbonyl (C=O) groups excluding carboxylic acids is 1.